The zero-order valence-corrected chi connectivity index (χ0v) is 66.4. The first-order chi connectivity index (χ1) is 57.6. The molecule has 0 bridgehead atoms. The molecule has 636 valence electrons. The minimum absolute atomic E-state index is 0.0124. The Morgan fingerprint density at radius 2 is 0.842 bits per heavy atom. The van der Waals surface area contributed by atoms with Gasteiger partial charge in [-0.3, -0.25) is 62.3 Å². The topological polar surface area (TPSA) is 584 Å². The highest BCUT2D eigenvalue weighted by atomic mass is 16.4. The predicted molar refractivity (Wildman–Crippen MR) is 438 cm³/mol. The van der Waals surface area contributed by atoms with E-state index in [9.17, 15) is 58.5 Å². The van der Waals surface area contributed by atoms with Crippen molar-refractivity contribution in [2.75, 3.05) is 19.7 Å². The van der Waals surface area contributed by atoms with Crippen molar-refractivity contribution in [2.45, 2.75) is 189 Å². The highest BCUT2D eigenvalue weighted by Crippen LogP contribution is 2.27. The second kappa shape index (κ2) is 40.2. The van der Waals surface area contributed by atoms with Crippen LogP contribution in [-0.2, 0) is 99.2 Å². The van der Waals surface area contributed by atoms with Gasteiger partial charge in [0.2, 0.25) is 76.8 Å². The van der Waals surface area contributed by atoms with Crippen LogP contribution in [0.1, 0.15) is 107 Å². The Kier molecular flexibility index (Phi) is 29.4. The summed E-state index contributed by atoms with van der Waals surface area (Å²) in [5.74, 6) is -13.9. The van der Waals surface area contributed by atoms with E-state index in [1.54, 1.807) is 111 Å². The summed E-state index contributed by atoms with van der Waals surface area (Å²) in [6.07, 6.45) is 6.15. The van der Waals surface area contributed by atoms with Gasteiger partial charge in [0, 0.05) is 132 Å². The fraction of sp³-hybridized carbons (Fsp3) is 0.410. The molecule has 4 aromatic carbocycles. The van der Waals surface area contributed by atoms with E-state index in [1.165, 1.54) is 19.4 Å². The van der Waals surface area contributed by atoms with E-state index in [0.717, 1.165) is 26.3 Å². The van der Waals surface area contributed by atoms with Crippen molar-refractivity contribution in [3.05, 3.63) is 162 Å². The van der Waals surface area contributed by atoms with Gasteiger partial charge in [0.15, 0.2) is 0 Å². The van der Waals surface area contributed by atoms with Crippen molar-refractivity contribution in [2.24, 2.45) is 23.1 Å². The zero-order chi connectivity index (χ0) is 86.0. The third-order valence-corrected chi connectivity index (χ3v) is 22.2. The number of primary amides is 2. The maximum atomic E-state index is 15.3. The molecule has 7 heterocycles. The lowest BCUT2D eigenvalue weighted by atomic mass is 9.97. The lowest BCUT2D eigenvalue weighted by molar-refractivity contribution is -0.149. The smallest absolute Gasteiger partial charge is 0.326 e. The normalized spacial score (nSPS) is 17.1. The number of aliphatic carboxylic acids is 1. The summed E-state index contributed by atoms with van der Waals surface area (Å²) in [6, 6.07) is 10.5. The number of carboxylic acids is 1. The molecule has 120 heavy (non-hydrogen) atoms. The van der Waals surface area contributed by atoms with Crippen LogP contribution in [0.5, 0.6) is 0 Å². The van der Waals surface area contributed by atoms with Gasteiger partial charge in [0.25, 0.3) is 0 Å². The minimum Gasteiger partial charge on any atom is -0.480 e. The van der Waals surface area contributed by atoms with Gasteiger partial charge in [0.05, 0.1) is 25.1 Å². The van der Waals surface area contributed by atoms with Crippen molar-refractivity contribution in [3.63, 3.8) is 0 Å². The predicted octanol–water partition coefficient (Wildman–Crippen LogP) is -0.445. The average molecular weight is 1650 g/mol. The number of imidazole rings is 1. The molecule has 2 aliphatic rings. The lowest BCUT2D eigenvalue weighted by Gasteiger charge is -2.32. The first-order valence-electron chi connectivity index (χ1n) is 39.9. The highest BCUT2D eigenvalue weighted by molar-refractivity contribution is 6.01. The van der Waals surface area contributed by atoms with E-state index in [1.807, 2.05) is 24.3 Å². The number of amides is 13. The van der Waals surface area contributed by atoms with Gasteiger partial charge in [-0.25, -0.2) is 9.78 Å². The number of aliphatic hydroxyl groups is 2. The third kappa shape index (κ3) is 21.7. The van der Waals surface area contributed by atoms with Crippen LogP contribution in [-0.4, -0.2) is 236 Å². The number of carboxylic acid groups (broad SMARTS) is 1. The Labute approximate surface area is 687 Å². The molecule has 0 unspecified atom stereocenters. The quantitative estimate of drug-likeness (QED) is 0.0231. The second-order valence-corrected chi connectivity index (χ2v) is 30.6. The van der Waals surface area contributed by atoms with Gasteiger partial charge in [-0.05, 0) is 104 Å². The number of nitrogens with two attached hydrogens (primary N) is 3. The highest BCUT2D eigenvalue weighted by Gasteiger charge is 2.44. The van der Waals surface area contributed by atoms with Crippen LogP contribution in [0.15, 0.2) is 134 Å². The average Bonchev–Trinajstić information content (AvgIpc) is 1.53. The molecule has 0 saturated carbocycles. The number of aromatic amines is 5. The number of carbonyl (C=O) groups is 14. The number of hydrogen-bond donors (Lipinski definition) is 20. The number of hydrogen-bond acceptors (Lipinski definition) is 18. The summed E-state index contributed by atoms with van der Waals surface area (Å²) in [5.41, 5.74) is 23.2. The molecule has 0 aliphatic carbocycles. The van der Waals surface area contributed by atoms with Crippen LogP contribution in [0.2, 0.25) is 0 Å². The fourth-order valence-corrected chi connectivity index (χ4v) is 15.4. The van der Waals surface area contributed by atoms with Gasteiger partial charge >= 0.3 is 5.97 Å². The molecule has 2 saturated heterocycles. The van der Waals surface area contributed by atoms with Gasteiger partial charge in [-0.2, -0.15) is 0 Å². The first-order valence-corrected chi connectivity index (χ1v) is 39.9. The SMILES string of the molecule is CC[C@H](C)[C@H](NC(=O)[C@H](CO)NC(=O)[C@H](Cc1c[nH]c2ccccc12)NC(=O)[C@@H]1CCCN1C(=O)[C@@H](NC(=O)[C@H](Cc1c[nH]c2ccccc12)NC(=O)[C@H](CCC(N)=O)NC(=O)[C@H](Cc1c[nH]c2ccccc12)NC(=O)[C@H](Cc1cnc[nH]1)NC(=O)[C@@H](N)Cc1c[nH]c2ccccc12)[C@@H](C)O)C(=O)N[C@@H](CCC(N)=O)C(=O)N1CCC[C@H]1C(=O)O. The molecule has 14 atom stereocenters. The van der Waals surface area contributed by atoms with Crippen LogP contribution in [0.25, 0.3) is 43.6 Å². The lowest BCUT2D eigenvalue weighted by Crippen LogP contribution is -2.62. The van der Waals surface area contributed by atoms with Crippen LogP contribution in [0.4, 0.5) is 0 Å². The number of benzene rings is 4. The largest absolute Gasteiger partial charge is 0.480 e. The van der Waals surface area contributed by atoms with Crippen LogP contribution < -0.4 is 65.1 Å². The summed E-state index contributed by atoms with van der Waals surface area (Å²) < 4.78 is 0. The molecule has 0 radical (unpaired) electrons. The number of nitrogens with one attached hydrogen (secondary N) is 14. The Bertz CT molecular complexity index is 5230. The summed E-state index contributed by atoms with van der Waals surface area (Å²) >= 11 is 0. The fourth-order valence-electron chi connectivity index (χ4n) is 15.4. The number of para-hydroxylation sites is 4. The molecule has 37 nitrogen and oxygen atoms in total. The molecule has 11 rings (SSSR count). The molecule has 13 amide bonds. The summed E-state index contributed by atoms with van der Waals surface area (Å²) in [5, 5.41) is 59.0. The van der Waals surface area contributed by atoms with Crippen LogP contribution in [0, 0.1) is 5.92 Å². The van der Waals surface area contributed by atoms with Crippen molar-refractivity contribution >= 4 is 126 Å². The standard InChI is InChI=1S/C83H102N20O17/c1-4-43(2)70(80(116)94-60(26-28-69(86)107)81(117)103-30-14-24-67(103)83(119)120)100-78(114)65(41-104)99-75(111)62(33-47-38-90-57-21-11-7-17-52(47)57)98-79(115)66-23-13-29-102(66)82(118)71(44(3)105)101-77(113)63(34-48-39-91-58-22-12-8-18-53(48)58)96-73(109)59(25-27-68(85)106)93-74(110)61(32-46-37-89-56-20-10-6-16-51(46)56)97-76(112)64(35-49-40-87-42-92-49)95-72(108)54(84)31-45-36-88-55-19-9-5-15-50(45)55/h5-12,15-22,36-40,42-44,54,59-67,70-71,88-91,104-105H,4,13-14,23-35,41,84H2,1-3H3,(H2,85,106)(H2,86,107)(H,87,92)(H,93,110)(H,94,116)(H,95,108)(H,96,109)(H,97,112)(H,98,115)(H,99,111)(H,100,114)(H,101,113)(H,119,120)/t43-,44+,54-,59-,60-,61-,62-,63-,64-,65-,66-,67-,70-,71-/m0/s1. The van der Waals surface area contributed by atoms with Crippen LogP contribution in [0.3, 0.4) is 0 Å². The van der Waals surface area contributed by atoms with Crippen molar-refractivity contribution < 1.29 is 82.4 Å². The second-order valence-electron chi connectivity index (χ2n) is 30.6. The zero-order valence-electron chi connectivity index (χ0n) is 66.4. The van der Waals surface area contributed by atoms with Gasteiger partial charge in [-0.1, -0.05) is 93.1 Å². The van der Waals surface area contributed by atoms with E-state index < -0.39 is 187 Å². The Morgan fingerprint density at radius 3 is 1.29 bits per heavy atom. The number of aromatic nitrogens is 6. The molecule has 37 heteroatoms. The summed E-state index contributed by atoms with van der Waals surface area (Å²) in [7, 11) is 0. The number of carbonyl (C=O) groups excluding carboxylic acids is 13. The van der Waals surface area contributed by atoms with Crippen molar-refractivity contribution in [1.29, 1.82) is 0 Å². The van der Waals surface area contributed by atoms with E-state index in [4.69, 9.17) is 17.2 Å². The number of aliphatic hydroxyl groups excluding tert-OH is 2. The molecule has 9 aromatic rings. The Balaban J connectivity index is 0.816. The minimum atomic E-state index is -1.85. The molecular formula is C83H102N20O17. The molecule has 0 spiro atoms. The summed E-state index contributed by atoms with van der Waals surface area (Å²) in [6.45, 7) is 3.41. The Hall–Kier alpha value is -13.3. The van der Waals surface area contributed by atoms with Crippen molar-refractivity contribution in [3.8, 4) is 0 Å². The van der Waals surface area contributed by atoms with E-state index in [2.05, 4.69) is 77.8 Å². The van der Waals surface area contributed by atoms with E-state index in [0.29, 0.717) is 61.5 Å². The molecule has 2 fully saturated rings. The molecule has 5 aromatic heterocycles. The maximum absolute atomic E-state index is 15.3. The molecule has 23 N–H and O–H groups in total. The number of H-pyrrole nitrogens is 5. The monoisotopic (exact) mass is 1650 g/mol. The van der Waals surface area contributed by atoms with E-state index in [-0.39, 0.29) is 83.7 Å². The first kappa shape index (κ1) is 87.5. The number of fused-ring (bicyclic) bond motifs is 4. The third-order valence-electron chi connectivity index (χ3n) is 22.2. The Morgan fingerprint density at radius 1 is 0.458 bits per heavy atom. The molecular weight excluding hydrogens is 1550 g/mol. The van der Waals surface area contributed by atoms with Gasteiger partial charge in [0.1, 0.15) is 66.5 Å². The number of nitrogens with zero attached hydrogens (tertiary/aromatic N) is 3. The van der Waals surface area contributed by atoms with E-state index >= 15 is 24.0 Å². The van der Waals surface area contributed by atoms with Crippen molar-refractivity contribution in [1.82, 2.24) is 87.6 Å². The van der Waals surface area contributed by atoms with Crippen LogP contribution >= 0.6 is 0 Å². The van der Waals surface area contributed by atoms with Gasteiger partial charge in [-0.15, -0.1) is 0 Å². The number of rotatable bonds is 41. The summed E-state index contributed by atoms with van der Waals surface area (Å²) in [4.78, 5) is 221. The molecule has 2 aliphatic heterocycles. The van der Waals surface area contributed by atoms with Gasteiger partial charge < -0.3 is 115 Å². The number of likely N-dealkylation sites (tertiary alicyclic amines) is 2. The maximum Gasteiger partial charge on any atom is 0.326 e.